The predicted octanol–water partition coefficient (Wildman–Crippen LogP) is 3.48. The highest BCUT2D eigenvalue weighted by molar-refractivity contribution is 7.17. The number of methoxy groups -OCH3 is 1. The van der Waals surface area contributed by atoms with Crippen LogP contribution in [0.4, 0.5) is 0 Å². The van der Waals surface area contributed by atoms with Crippen molar-refractivity contribution in [2.45, 2.75) is 19.4 Å². The smallest absolute Gasteiger partial charge is 0.261 e. The Morgan fingerprint density at radius 3 is 2.89 bits per heavy atom. The molecule has 0 radical (unpaired) electrons. The number of halogens is 1. The number of rotatable bonds is 5. The zero-order valence-electron chi connectivity index (χ0n) is 15.4. The van der Waals surface area contributed by atoms with Crippen molar-refractivity contribution in [1.29, 1.82) is 0 Å². The summed E-state index contributed by atoms with van der Waals surface area (Å²) in [5.41, 5.74) is 2.20. The molecule has 1 saturated heterocycles. The number of carbonyl (C=O) groups excluding carboxylic acids is 1. The van der Waals surface area contributed by atoms with Gasteiger partial charge < -0.3 is 20.1 Å². The number of fused-ring (bicyclic) bond motifs is 3. The number of para-hydroxylation sites is 1. The molecule has 0 saturated carbocycles. The molecular formula is C20H25ClN2O3S. The lowest BCUT2D eigenvalue weighted by Gasteiger charge is -2.37. The second-order valence-corrected chi connectivity index (χ2v) is 8.17. The van der Waals surface area contributed by atoms with Crippen LogP contribution in [-0.4, -0.2) is 39.3 Å². The number of carbonyl (C=O) groups is 1. The van der Waals surface area contributed by atoms with E-state index in [0.717, 1.165) is 52.6 Å². The summed E-state index contributed by atoms with van der Waals surface area (Å²) in [5.74, 6) is 0.887. The molecule has 2 N–H and O–H groups in total. The maximum absolute atomic E-state index is 12.8. The first-order valence-corrected chi connectivity index (χ1v) is 9.85. The minimum absolute atomic E-state index is 0. The first-order valence-electron chi connectivity index (χ1n) is 9.04. The standard InChI is InChI=1S/C20H24N2O3S.ClH/c1-24-13-20(6-8-21-9-7-20)12-22-19(23)17-10-14-11-25-16-5-3-2-4-15(16)18(14)26-17;/h2-5,10,21H,6-9,11-13H2,1H3,(H,22,23);1H. The summed E-state index contributed by atoms with van der Waals surface area (Å²) < 4.78 is 11.2. The van der Waals surface area contributed by atoms with Gasteiger partial charge in [-0.1, -0.05) is 12.1 Å². The number of amides is 1. The van der Waals surface area contributed by atoms with E-state index in [-0.39, 0.29) is 23.7 Å². The van der Waals surface area contributed by atoms with Crippen molar-refractivity contribution in [2.75, 3.05) is 33.4 Å². The summed E-state index contributed by atoms with van der Waals surface area (Å²) >= 11 is 1.55. The van der Waals surface area contributed by atoms with E-state index in [1.807, 2.05) is 30.3 Å². The lowest BCUT2D eigenvalue weighted by Crippen LogP contribution is -2.47. The fraction of sp³-hybridized carbons (Fsp3) is 0.450. The van der Waals surface area contributed by atoms with Gasteiger partial charge in [-0.3, -0.25) is 4.79 Å². The minimum atomic E-state index is -0.00380. The summed E-state index contributed by atoms with van der Waals surface area (Å²) in [5, 5.41) is 6.53. The second kappa shape index (κ2) is 8.61. The molecule has 4 rings (SSSR count). The van der Waals surface area contributed by atoms with Crippen LogP contribution >= 0.6 is 23.7 Å². The molecule has 2 aliphatic heterocycles. The van der Waals surface area contributed by atoms with E-state index >= 15 is 0 Å². The average molecular weight is 409 g/mol. The van der Waals surface area contributed by atoms with Gasteiger partial charge in [-0.25, -0.2) is 0 Å². The maximum Gasteiger partial charge on any atom is 0.261 e. The third kappa shape index (κ3) is 4.14. The quantitative estimate of drug-likeness (QED) is 0.795. The SMILES string of the molecule is COCC1(CNC(=O)c2cc3c(s2)-c2ccccc2OC3)CCNCC1.Cl. The van der Waals surface area contributed by atoms with Crippen LogP contribution in [0.1, 0.15) is 28.1 Å². The Kier molecular flexibility index (Phi) is 6.42. The van der Waals surface area contributed by atoms with Gasteiger partial charge in [-0.2, -0.15) is 0 Å². The van der Waals surface area contributed by atoms with Crippen molar-refractivity contribution in [3.63, 3.8) is 0 Å². The summed E-state index contributed by atoms with van der Waals surface area (Å²) in [6, 6.07) is 9.97. The third-order valence-electron chi connectivity index (χ3n) is 5.29. The Bertz CT molecular complexity index is 797. The van der Waals surface area contributed by atoms with Gasteiger partial charge in [0.05, 0.1) is 11.5 Å². The van der Waals surface area contributed by atoms with E-state index in [1.165, 1.54) is 0 Å². The molecule has 0 spiro atoms. The van der Waals surface area contributed by atoms with Crippen LogP contribution in [0.3, 0.4) is 0 Å². The van der Waals surface area contributed by atoms with Crippen molar-refractivity contribution >= 4 is 29.7 Å². The monoisotopic (exact) mass is 408 g/mol. The van der Waals surface area contributed by atoms with E-state index in [1.54, 1.807) is 18.4 Å². The Labute approximate surface area is 169 Å². The van der Waals surface area contributed by atoms with E-state index in [9.17, 15) is 4.79 Å². The van der Waals surface area contributed by atoms with E-state index < -0.39 is 0 Å². The highest BCUT2D eigenvalue weighted by Gasteiger charge is 2.33. The number of benzene rings is 1. The normalized spacial score (nSPS) is 17.1. The maximum atomic E-state index is 12.8. The van der Waals surface area contributed by atoms with Crippen LogP contribution in [0, 0.1) is 5.41 Å². The molecule has 0 bridgehead atoms. The van der Waals surface area contributed by atoms with Gasteiger partial charge in [0.25, 0.3) is 5.91 Å². The molecule has 0 aliphatic carbocycles. The molecule has 2 aliphatic rings. The van der Waals surface area contributed by atoms with Crippen LogP contribution in [0.15, 0.2) is 30.3 Å². The first-order chi connectivity index (χ1) is 12.7. The lowest BCUT2D eigenvalue weighted by atomic mass is 9.79. The average Bonchev–Trinajstić information content (AvgIpc) is 3.12. The molecule has 1 aromatic heterocycles. The van der Waals surface area contributed by atoms with Gasteiger partial charge in [0.2, 0.25) is 0 Å². The fourth-order valence-electron chi connectivity index (χ4n) is 3.80. The number of ether oxygens (including phenoxy) is 2. The highest BCUT2D eigenvalue weighted by atomic mass is 35.5. The lowest BCUT2D eigenvalue weighted by molar-refractivity contribution is 0.0512. The zero-order valence-corrected chi connectivity index (χ0v) is 17.0. The molecule has 1 fully saturated rings. The molecule has 5 nitrogen and oxygen atoms in total. The van der Waals surface area contributed by atoms with Crippen molar-refractivity contribution in [3.05, 3.63) is 40.8 Å². The summed E-state index contributed by atoms with van der Waals surface area (Å²) in [6.45, 7) is 3.80. The van der Waals surface area contributed by atoms with Crippen molar-refractivity contribution < 1.29 is 14.3 Å². The fourth-order valence-corrected chi connectivity index (χ4v) is 4.92. The third-order valence-corrected chi connectivity index (χ3v) is 6.50. The Balaban J connectivity index is 0.00000210. The summed E-state index contributed by atoms with van der Waals surface area (Å²) in [4.78, 5) is 14.7. The molecule has 0 atom stereocenters. The van der Waals surface area contributed by atoms with Crippen LogP contribution < -0.4 is 15.4 Å². The molecular weight excluding hydrogens is 384 g/mol. The van der Waals surface area contributed by atoms with Gasteiger partial charge in [0.1, 0.15) is 12.4 Å². The van der Waals surface area contributed by atoms with E-state index in [4.69, 9.17) is 9.47 Å². The molecule has 0 unspecified atom stereocenters. The molecule has 27 heavy (non-hydrogen) atoms. The van der Waals surface area contributed by atoms with Gasteiger partial charge in [-0.05, 0) is 44.1 Å². The number of hydrogen-bond donors (Lipinski definition) is 2. The number of piperidine rings is 1. The number of thiophene rings is 1. The van der Waals surface area contributed by atoms with Crippen LogP contribution in [-0.2, 0) is 11.3 Å². The highest BCUT2D eigenvalue weighted by Crippen LogP contribution is 2.42. The molecule has 146 valence electrons. The van der Waals surface area contributed by atoms with Crippen molar-refractivity contribution in [1.82, 2.24) is 10.6 Å². The Morgan fingerprint density at radius 2 is 2.11 bits per heavy atom. The minimum Gasteiger partial charge on any atom is -0.488 e. The van der Waals surface area contributed by atoms with Crippen molar-refractivity contribution in [2.24, 2.45) is 5.41 Å². The molecule has 2 aromatic rings. The topological polar surface area (TPSA) is 59.6 Å². The summed E-state index contributed by atoms with van der Waals surface area (Å²) in [6.07, 6.45) is 2.03. The van der Waals surface area contributed by atoms with Crippen molar-refractivity contribution in [3.8, 4) is 16.2 Å². The number of hydrogen-bond acceptors (Lipinski definition) is 5. The zero-order chi connectivity index (χ0) is 18.0. The van der Waals surface area contributed by atoms with Crippen LogP contribution in [0.2, 0.25) is 0 Å². The van der Waals surface area contributed by atoms with Gasteiger partial charge in [-0.15, -0.1) is 23.7 Å². The molecule has 7 heteroatoms. The van der Waals surface area contributed by atoms with Gasteiger partial charge in [0, 0.05) is 35.1 Å². The van der Waals surface area contributed by atoms with E-state index in [2.05, 4.69) is 10.6 Å². The van der Waals surface area contributed by atoms with E-state index in [0.29, 0.717) is 19.8 Å². The Hall–Kier alpha value is -1.60. The van der Waals surface area contributed by atoms with Gasteiger partial charge in [0.15, 0.2) is 0 Å². The number of nitrogens with one attached hydrogen (secondary N) is 2. The largest absolute Gasteiger partial charge is 0.488 e. The summed E-state index contributed by atoms with van der Waals surface area (Å²) in [7, 11) is 1.73. The second-order valence-electron chi connectivity index (χ2n) is 7.12. The first kappa shape index (κ1) is 20.1. The Morgan fingerprint density at radius 1 is 1.33 bits per heavy atom. The molecule has 3 heterocycles. The van der Waals surface area contributed by atoms with Crippen LogP contribution in [0.25, 0.3) is 10.4 Å². The van der Waals surface area contributed by atoms with Crippen LogP contribution in [0.5, 0.6) is 5.75 Å². The molecule has 1 amide bonds. The van der Waals surface area contributed by atoms with Gasteiger partial charge >= 0.3 is 0 Å². The predicted molar refractivity (Wildman–Crippen MR) is 110 cm³/mol. The molecule has 1 aromatic carbocycles.